The van der Waals surface area contributed by atoms with Crippen molar-refractivity contribution in [3.63, 3.8) is 0 Å². The van der Waals surface area contributed by atoms with Crippen LogP contribution >= 0.6 is 11.8 Å². The van der Waals surface area contributed by atoms with E-state index in [4.69, 9.17) is 0 Å². The predicted octanol–water partition coefficient (Wildman–Crippen LogP) is 5.04. The maximum atomic E-state index is 12.9. The molecular weight excluding hydrogens is 269 g/mol. The Bertz CT molecular complexity index is 696. The third-order valence-corrected chi connectivity index (χ3v) is 3.85. The largest absolute Gasteiger partial charge is 0.256 e. The quantitative estimate of drug-likeness (QED) is 0.667. The molecule has 0 spiro atoms. The molecule has 1 heterocycles. The average molecular weight is 281 g/mol. The summed E-state index contributed by atoms with van der Waals surface area (Å²) in [5.41, 5.74) is 2.03. The molecule has 1 aromatic heterocycles. The number of halogens is 1. The lowest BCUT2D eigenvalue weighted by Gasteiger charge is -2.05. The molecule has 98 valence electrons. The van der Waals surface area contributed by atoms with Crippen molar-refractivity contribution in [2.45, 2.75) is 9.79 Å². The number of benzene rings is 2. The lowest BCUT2D eigenvalue weighted by atomic mass is 10.1. The molecule has 0 bridgehead atoms. The van der Waals surface area contributed by atoms with E-state index in [0.29, 0.717) is 0 Å². The van der Waals surface area contributed by atoms with E-state index in [2.05, 4.69) is 4.98 Å². The van der Waals surface area contributed by atoms with Crippen LogP contribution < -0.4 is 0 Å². The van der Waals surface area contributed by atoms with E-state index in [0.717, 1.165) is 21.0 Å². The van der Waals surface area contributed by atoms with Crippen molar-refractivity contribution in [2.75, 3.05) is 0 Å². The van der Waals surface area contributed by atoms with Gasteiger partial charge >= 0.3 is 0 Å². The smallest absolute Gasteiger partial charge is 0.123 e. The van der Waals surface area contributed by atoms with Crippen LogP contribution in [0, 0.1) is 5.82 Å². The van der Waals surface area contributed by atoms with E-state index >= 15 is 0 Å². The first kappa shape index (κ1) is 12.9. The number of nitrogens with zero attached hydrogens (tertiary/aromatic N) is 1. The van der Waals surface area contributed by atoms with Gasteiger partial charge in [0.15, 0.2) is 0 Å². The normalized spacial score (nSPS) is 10.4. The second kappa shape index (κ2) is 5.88. The summed E-state index contributed by atoms with van der Waals surface area (Å²) >= 11 is 1.60. The molecule has 0 aliphatic rings. The molecule has 3 rings (SSSR count). The van der Waals surface area contributed by atoms with Gasteiger partial charge in [0.25, 0.3) is 0 Å². The predicted molar refractivity (Wildman–Crippen MR) is 80.2 cm³/mol. The van der Waals surface area contributed by atoms with Crippen molar-refractivity contribution >= 4 is 11.8 Å². The second-order valence-electron chi connectivity index (χ2n) is 4.30. The van der Waals surface area contributed by atoms with Crippen molar-refractivity contribution in [1.82, 2.24) is 4.98 Å². The van der Waals surface area contributed by atoms with Crippen molar-refractivity contribution in [3.8, 4) is 11.3 Å². The van der Waals surface area contributed by atoms with Gasteiger partial charge in [0, 0.05) is 21.6 Å². The Morgan fingerprint density at radius 2 is 1.55 bits per heavy atom. The molecule has 0 unspecified atom stereocenters. The van der Waals surface area contributed by atoms with E-state index in [-0.39, 0.29) is 5.82 Å². The third kappa shape index (κ3) is 3.06. The van der Waals surface area contributed by atoms with Gasteiger partial charge in [-0.05, 0) is 36.4 Å². The molecule has 0 N–H and O–H groups in total. The first-order chi connectivity index (χ1) is 9.81. The molecular formula is C17H12FNS. The standard InChI is InChI=1S/C17H12FNS/c18-14-6-8-15(9-7-14)20-16-10-11-19-17(12-16)13-4-2-1-3-5-13/h1-12H. The molecule has 2 aromatic carbocycles. The molecule has 0 aliphatic carbocycles. The van der Waals surface area contributed by atoms with Crippen molar-refractivity contribution in [3.05, 3.63) is 78.7 Å². The topological polar surface area (TPSA) is 12.9 Å². The third-order valence-electron chi connectivity index (χ3n) is 2.85. The maximum absolute atomic E-state index is 12.9. The summed E-state index contributed by atoms with van der Waals surface area (Å²) in [4.78, 5) is 6.49. The summed E-state index contributed by atoms with van der Waals surface area (Å²) in [6.07, 6.45) is 1.80. The SMILES string of the molecule is Fc1ccc(Sc2ccnc(-c3ccccc3)c2)cc1. The van der Waals surface area contributed by atoms with Crippen LogP contribution in [0.5, 0.6) is 0 Å². The molecule has 1 nitrogen and oxygen atoms in total. The monoisotopic (exact) mass is 281 g/mol. The molecule has 3 aromatic rings. The van der Waals surface area contributed by atoms with E-state index in [1.54, 1.807) is 30.1 Å². The van der Waals surface area contributed by atoms with E-state index < -0.39 is 0 Å². The summed E-state index contributed by atoms with van der Waals surface area (Å²) in [5.74, 6) is -0.214. The average Bonchev–Trinajstić information content (AvgIpc) is 2.51. The molecule has 0 saturated heterocycles. The fourth-order valence-corrected chi connectivity index (χ4v) is 2.72. The molecule has 0 amide bonds. The minimum Gasteiger partial charge on any atom is -0.256 e. The highest BCUT2D eigenvalue weighted by molar-refractivity contribution is 7.99. The number of hydrogen-bond acceptors (Lipinski definition) is 2. The van der Waals surface area contributed by atoms with Crippen LogP contribution in [0.2, 0.25) is 0 Å². The first-order valence-corrected chi connectivity index (χ1v) is 7.08. The zero-order chi connectivity index (χ0) is 13.8. The first-order valence-electron chi connectivity index (χ1n) is 6.26. The molecule has 20 heavy (non-hydrogen) atoms. The lowest BCUT2D eigenvalue weighted by molar-refractivity contribution is 0.626. The summed E-state index contributed by atoms with van der Waals surface area (Å²) in [5, 5.41) is 0. The van der Waals surface area contributed by atoms with Crippen LogP contribution in [0.4, 0.5) is 4.39 Å². The summed E-state index contributed by atoms with van der Waals surface area (Å²) in [6, 6.07) is 20.6. The molecule has 3 heteroatoms. The number of hydrogen-bond donors (Lipinski definition) is 0. The highest BCUT2D eigenvalue weighted by Gasteiger charge is 2.02. The van der Waals surface area contributed by atoms with Crippen molar-refractivity contribution in [2.24, 2.45) is 0 Å². The molecule has 0 fully saturated rings. The van der Waals surface area contributed by atoms with Gasteiger partial charge in [0.2, 0.25) is 0 Å². The van der Waals surface area contributed by atoms with Gasteiger partial charge in [0.1, 0.15) is 5.82 Å². The van der Waals surface area contributed by atoms with Crippen molar-refractivity contribution < 1.29 is 4.39 Å². The van der Waals surface area contributed by atoms with Crippen LogP contribution in [-0.4, -0.2) is 4.98 Å². The number of pyridine rings is 1. The van der Waals surface area contributed by atoms with Crippen LogP contribution in [0.15, 0.2) is 82.7 Å². The minimum atomic E-state index is -0.214. The zero-order valence-electron chi connectivity index (χ0n) is 10.7. The second-order valence-corrected chi connectivity index (χ2v) is 5.45. The Kier molecular flexibility index (Phi) is 3.79. The Hall–Kier alpha value is -2.13. The highest BCUT2D eigenvalue weighted by atomic mass is 32.2. The van der Waals surface area contributed by atoms with Crippen molar-refractivity contribution in [1.29, 1.82) is 0 Å². The van der Waals surface area contributed by atoms with Gasteiger partial charge < -0.3 is 0 Å². The molecule has 0 saturated carbocycles. The summed E-state index contributed by atoms with van der Waals surface area (Å²) in [7, 11) is 0. The van der Waals surface area contributed by atoms with Gasteiger partial charge in [-0.2, -0.15) is 0 Å². The fourth-order valence-electron chi connectivity index (χ4n) is 1.88. The van der Waals surface area contributed by atoms with E-state index in [1.165, 1.54) is 12.1 Å². The van der Waals surface area contributed by atoms with E-state index in [9.17, 15) is 4.39 Å². The lowest BCUT2D eigenvalue weighted by Crippen LogP contribution is -1.83. The Morgan fingerprint density at radius 3 is 2.30 bits per heavy atom. The summed E-state index contributed by atoms with van der Waals surface area (Å²) < 4.78 is 12.9. The highest BCUT2D eigenvalue weighted by Crippen LogP contribution is 2.29. The Labute approximate surface area is 121 Å². The van der Waals surface area contributed by atoms with Gasteiger partial charge in [-0.25, -0.2) is 4.39 Å². The zero-order valence-corrected chi connectivity index (χ0v) is 11.5. The van der Waals surface area contributed by atoms with Gasteiger partial charge in [-0.1, -0.05) is 42.1 Å². The number of rotatable bonds is 3. The van der Waals surface area contributed by atoms with Crippen LogP contribution in [0.1, 0.15) is 0 Å². The fraction of sp³-hybridized carbons (Fsp3) is 0. The Morgan fingerprint density at radius 1 is 0.800 bits per heavy atom. The molecule has 0 aliphatic heterocycles. The number of aromatic nitrogens is 1. The van der Waals surface area contributed by atoms with Crippen LogP contribution in [-0.2, 0) is 0 Å². The molecule has 0 atom stereocenters. The van der Waals surface area contributed by atoms with Gasteiger partial charge in [-0.15, -0.1) is 0 Å². The van der Waals surface area contributed by atoms with Crippen LogP contribution in [0.25, 0.3) is 11.3 Å². The van der Waals surface area contributed by atoms with Crippen LogP contribution in [0.3, 0.4) is 0 Å². The summed E-state index contributed by atoms with van der Waals surface area (Å²) in [6.45, 7) is 0. The minimum absolute atomic E-state index is 0.214. The maximum Gasteiger partial charge on any atom is 0.123 e. The Balaban J connectivity index is 1.86. The van der Waals surface area contributed by atoms with Gasteiger partial charge in [-0.3, -0.25) is 4.98 Å². The van der Waals surface area contributed by atoms with Gasteiger partial charge in [0.05, 0.1) is 5.69 Å². The van der Waals surface area contributed by atoms with E-state index in [1.807, 2.05) is 42.5 Å². The molecule has 0 radical (unpaired) electrons.